The minimum atomic E-state index is -0.456. The van der Waals surface area contributed by atoms with Gasteiger partial charge in [0.25, 0.3) is 0 Å². The van der Waals surface area contributed by atoms with E-state index < -0.39 is 5.92 Å². The first kappa shape index (κ1) is 21.5. The van der Waals surface area contributed by atoms with E-state index in [1.165, 1.54) is 0 Å². The van der Waals surface area contributed by atoms with Gasteiger partial charge in [-0.2, -0.15) is 5.26 Å². The van der Waals surface area contributed by atoms with E-state index in [4.69, 9.17) is 17.3 Å². The first-order valence-corrected chi connectivity index (χ1v) is 11.7. The summed E-state index contributed by atoms with van der Waals surface area (Å²) in [5.74, 6) is -0.0134. The molecule has 2 N–H and O–H groups in total. The maximum absolute atomic E-state index is 13.5. The van der Waals surface area contributed by atoms with Crippen LogP contribution in [0.1, 0.15) is 38.2 Å². The summed E-state index contributed by atoms with van der Waals surface area (Å²) >= 11 is 7.75. The summed E-state index contributed by atoms with van der Waals surface area (Å²) in [4.78, 5) is 16.5. The molecule has 0 spiro atoms. The maximum Gasteiger partial charge on any atom is 0.162 e. The van der Waals surface area contributed by atoms with Crippen LogP contribution in [0.5, 0.6) is 0 Å². The van der Waals surface area contributed by atoms with Crippen LogP contribution in [-0.4, -0.2) is 12.0 Å². The Morgan fingerprint density at radius 2 is 1.77 bits per heavy atom. The van der Waals surface area contributed by atoms with Crippen LogP contribution >= 0.6 is 23.4 Å². The lowest BCUT2D eigenvalue weighted by Gasteiger charge is -2.43. The number of nitriles is 1. The van der Waals surface area contributed by atoms with Crippen molar-refractivity contribution in [3.05, 3.63) is 81.8 Å². The van der Waals surface area contributed by atoms with Gasteiger partial charge >= 0.3 is 0 Å². The number of benzene rings is 2. The minimum Gasteiger partial charge on any atom is -0.384 e. The Morgan fingerprint density at radius 3 is 2.35 bits per heavy atom. The van der Waals surface area contributed by atoms with Crippen LogP contribution in [0, 0.1) is 16.7 Å². The van der Waals surface area contributed by atoms with Crippen LogP contribution < -0.4 is 10.6 Å². The van der Waals surface area contributed by atoms with Crippen molar-refractivity contribution in [2.75, 3.05) is 11.2 Å². The molecule has 4 rings (SSSR count). The van der Waals surface area contributed by atoms with E-state index in [2.05, 4.69) is 19.9 Å². The number of hydrogen-bond donors (Lipinski definition) is 1. The molecule has 4 nitrogen and oxygen atoms in total. The third-order valence-corrected chi connectivity index (χ3v) is 6.91. The number of Topliss-reactive ketones (excluding diaryl/α,β-unsaturated/α-hetero) is 1. The topological polar surface area (TPSA) is 70.1 Å². The number of thioether (sulfide) groups is 1. The average Bonchev–Trinajstić information content (AvgIpc) is 2.73. The van der Waals surface area contributed by atoms with E-state index in [1.54, 1.807) is 23.9 Å². The zero-order valence-electron chi connectivity index (χ0n) is 17.8. The van der Waals surface area contributed by atoms with E-state index in [0.717, 1.165) is 21.8 Å². The SMILES string of the molecule is CSc1ccc([C@@H]2C(C#N)=C(N)N(c3ccc(Cl)cc3)C3=C2C(=O)CC(C)(C)C3)cc1. The fourth-order valence-corrected chi connectivity index (χ4v) is 5.06. The highest BCUT2D eigenvalue weighted by Gasteiger charge is 2.44. The lowest BCUT2D eigenvalue weighted by atomic mass is 9.68. The monoisotopic (exact) mass is 449 g/mol. The standard InChI is InChI=1S/C25H24ClN3OS/c1-25(2)12-20-23(21(30)13-25)22(15-4-10-18(31-3)11-5-15)19(14-27)24(28)29(20)17-8-6-16(26)7-9-17/h4-11,22H,12-13,28H2,1-3H3/t22-/m1/s1. The molecule has 0 fully saturated rings. The molecule has 0 aromatic heterocycles. The molecule has 0 bridgehead atoms. The molecule has 0 saturated heterocycles. The number of allylic oxidation sites excluding steroid dienone is 3. The number of carbonyl (C=O) groups is 1. The van der Waals surface area contributed by atoms with Crippen LogP contribution in [0.2, 0.25) is 5.02 Å². The third kappa shape index (κ3) is 3.86. The molecule has 6 heteroatoms. The second kappa shape index (κ2) is 8.11. The van der Waals surface area contributed by atoms with Gasteiger partial charge in [0, 0.05) is 33.3 Å². The van der Waals surface area contributed by atoms with Crippen LogP contribution in [0.3, 0.4) is 0 Å². The first-order valence-electron chi connectivity index (χ1n) is 10.1. The van der Waals surface area contributed by atoms with Crippen molar-refractivity contribution in [1.29, 1.82) is 5.26 Å². The predicted octanol–water partition coefficient (Wildman–Crippen LogP) is 6.00. The molecular weight excluding hydrogens is 426 g/mol. The zero-order chi connectivity index (χ0) is 22.3. The second-order valence-electron chi connectivity index (χ2n) is 8.73. The largest absolute Gasteiger partial charge is 0.384 e. The van der Waals surface area contributed by atoms with Gasteiger partial charge in [0.2, 0.25) is 0 Å². The smallest absolute Gasteiger partial charge is 0.162 e. The van der Waals surface area contributed by atoms with Crippen molar-refractivity contribution in [2.24, 2.45) is 11.1 Å². The second-order valence-corrected chi connectivity index (χ2v) is 10.0. The van der Waals surface area contributed by atoms with Crippen molar-refractivity contribution in [2.45, 2.75) is 37.5 Å². The van der Waals surface area contributed by atoms with Gasteiger partial charge in [0.1, 0.15) is 5.82 Å². The Bertz CT molecular complexity index is 1140. The Labute approximate surface area is 192 Å². The molecule has 2 aliphatic rings. The summed E-state index contributed by atoms with van der Waals surface area (Å²) in [6.45, 7) is 4.19. The van der Waals surface area contributed by atoms with Gasteiger partial charge in [-0.25, -0.2) is 0 Å². The maximum atomic E-state index is 13.5. The van der Waals surface area contributed by atoms with E-state index in [-0.39, 0.29) is 11.2 Å². The highest BCUT2D eigenvalue weighted by atomic mass is 35.5. The van der Waals surface area contributed by atoms with Gasteiger partial charge in [-0.1, -0.05) is 37.6 Å². The van der Waals surface area contributed by atoms with Crippen LogP contribution in [0.25, 0.3) is 0 Å². The van der Waals surface area contributed by atoms with Gasteiger partial charge in [-0.15, -0.1) is 11.8 Å². The van der Waals surface area contributed by atoms with E-state index in [0.29, 0.717) is 34.8 Å². The zero-order valence-corrected chi connectivity index (χ0v) is 19.3. The number of halogens is 1. The summed E-state index contributed by atoms with van der Waals surface area (Å²) in [5.41, 5.74) is 10.1. The van der Waals surface area contributed by atoms with Crippen molar-refractivity contribution in [3.8, 4) is 6.07 Å². The van der Waals surface area contributed by atoms with Gasteiger partial charge < -0.3 is 5.73 Å². The molecule has 2 aromatic rings. The molecule has 1 heterocycles. The van der Waals surface area contributed by atoms with Crippen molar-refractivity contribution >= 4 is 34.8 Å². The molecular formula is C25H24ClN3OS. The number of ketones is 1. The van der Waals surface area contributed by atoms with E-state index in [9.17, 15) is 10.1 Å². The summed E-state index contributed by atoms with van der Waals surface area (Å²) in [5, 5.41) is 10.7. The lowest BCUT2D eigenvalue weighted by Crippen LogP contribution is -2.42. The van der Waals surface area contributed by atoms with Crippen LogP contribution in [-0.2, 0) is 4.79 Å². The fourth-order valence-electron chi connectivity index (χ4n) is 4.52. The summed E-state index contributed by atoms with van der Waals surface area (Å²) in [6, 6.07) is 17.7. The molecule has 1 atom stereocenters. The molecule has 1 aliphatic carbocycles. The Hall–Kier alpha value is -2.68. The fraction of sp³-hybridized carbons (Fsp3) is 0.280. The molecule has 0 radical (unpaired) electrons. The summed E-state index contributed by atoms with van der Waals surface area (Å²) in [6.07, 6.45) is 3.15. The molecule has 31 heavy (non-hydrogen) atoms. The molecule has 0 amide bonds. The normalized spacial score (nSPS) is 20.5. The van der Waals surface area contributed by atoms with Gasteiger partial charge in [0.15, 0.2) is 5.78 Å². The van der Waals surface area contributed by atoms with Gasteiger partial charge in [-0.3, -0.25) is 9.69 Å². The number of nitrogens with two attached hydrogens (primary N) is 1. The Balaban J connectivity index is 1.96. The summed E-state index contributed by atoms with van der Waals surface area (Å²) < 4.78 is 0. The minimum absolute atomic E-state index is 0.0735. The van der Waals surface area contributed by atoms with E-state index in [1.807, 2.05) is 47.6 Å². The molecule has 0 saturated carbocycles. The number of nitrogens with zero attached hydrogens (tertiary/aromatic N) is 2. The van der Waals surface area contributed by atoms with Crippen molar-refractivity contribution in [1.82, 2.24) is 0 Å². The van der Waals surface area contributed by atoms with Gasteiger partial charge in [0.05, 0.1) is 17.6 Å². The molecule has 2 aromatic carbocycles. The quantitative estimate of drug-likeness (QED) is 0.581. The Morgan fingerprint density at radius 1 is 1.13 bits per heavy atom. The Kier molecular flexibility index (Phi) is 5.63. The van der Waals surface area contributed by atoms with E-state index >= 15 is 0 Å². The third-order valence-electron chi connectivity index (χ3n) is 5.91. The average molecular weight is 450 g/mol. The molecule has 1 aliphatic heterocycles. The highest BCUT2D eigenvalue weighted by Crippen LogP contribution is 2.50. The predicted molar refractivity (Wildman–Crippen MR) is 127 cm³/mol. The van der Waals surface area contributed by atoms with Crippen molar-refractivity contribution < 1.29 is 4.79 Å². The number of anilines is 1. The van der Waals surface area contributed by atoms with Crippen molar-refractivity contribution in [3.63, 3.8) is 0 Å². The molecule has 158 valence electrons. The first-order chi connectivity index (χ1) is 14.8. The number of carbonyl (C=O) groups excluding carboxylic acids is 1. The lowest BCUT2D eigenvalue weighted by molar-refractivity contribution is -0.118. The number of hydrogen-bond acceptors (Lipinski definition) is 5. The summed E-state index contributed by atoms with van der Waals surface area (Å²) in [7, 11) is 0. The van der Waals surface area contributed by atoms with Crippen LogP contribution in [0.15, 0.2) is 76.1 Å². The van der Waals surface area contributed by atoms with Gasteiger partial charge in [-0.05, 0) is 60.1 Å². The van der Waals surface area contributed by atoms with Crippen LogP contribution in [0.4, 0.5) is 5.69 Å². The molecule has 0 unspecified atom stereocenters. The number of rotatable bonds is 3. The highest BCUT2D eigenvalue weighted by molar-refractivity contribution is 7.98.